The molecule has 0 fully saturated rings. The van der Waals surface area contributed by atoms with Gasteiger partial charge < -0.3 is 15.0 Å². The van der Waals surface area contributed by atoms with Gasteiger partial charge in [0.2, 0.25) is 5.91 Å². The Morgan fingerprint density at radius 2 is 1.51 bits per heavy atom. The van der Waals surface area contributed by atoms with Crippen molar-refractivity contribution in [2.24, 2.45) is 0 Å². The van der Waals surface area contributed by atoms with Gasteiger partial charge in [-0.15, -0.1) is 0 Å². The Bertz CT molecular complexity index is 1330. The molecule has 3 aromatic carbocycles. The number of methoxy groups -OCH3 is 1. The first-order chi connectivity index (χ1) is 18.1. The minimum Gasteiger partial charge on any atom is -0.465 e. The third-order valence-electron chi connectivity index (χ3n) is 5.76. The SMILES string of the molecule is COC(=O)c1ccc([C@@H](C(=O)NCc2ccccc2)N(Cc2ccccc2)C(=O)c2cnccn2)cc1. The summed E-state index contributed by atoms with van der Waals surface area (Å²) in [7, 11) is 1.30. The van der Waals surface area contributed by atoms with Gasteiger partial charge in [0.05, 0.1) is 18.9 Å². The molecule has 0 saturated carbocycles. The summed E-state index contributed by atoms with van der Waals surface area (Å²) in [5.41, 5.74) is 2.75. The van der Waals surface area contributed by atoms with E-state index in [9.17, 15) is 14.4 Å². The molecule has 1 heterocycles. The number of aromatic nitrogens is 2. The predicted molar refractivity (Wildman–Crippen MR) is 137 cm³/mol. The van der Waals surface area contributed by atoms with Crippen LogP contribution < -0.4 is 5.32 Å². The molecule has 8 heteroatoms. The summed E-state index contributed by atoms with van der Waals surface area (Å²) in [6.07, 6.45) is 4.29. The van der Waals surface area contributed by atoms with Gasteiger partial charge in [0.1, 0.15) is 11.7 Å². The Morgan fingerprint density at radius 1 is 0.865 bits per heavy atom. The molecule has 1 atom stereocenters. The van der Waals surface area contributed by atoms with Crippen LogP contribution in [0.15, 0.2) is 104 Å². The summed E-state index contributed by atoms with van der Waals surface area (Å²) in [6.45, 7) is 0.438. The second-order valence-corrected chi connectivity index (χ2v) is 8.23. The molecule has 1 aromatic heterocycles. The topological polar surface area (TPSA) is 101 Å². The molecule has 4 rings (SSSR count). The van der Waals surface area contributed by atoms with Gasteiger partial charge in [-0.25, -0.2) is 9.78 Å². The van der Waals surface area contributed by atoms with Crippen molar-refractivity contribution in [3.8, 4) is 0 Å². The number of nitrogens with one attached hydrogen (secondary N) is 1. The van der Waals surface area contributed by atoms with Gasteiger partial charge >= 0.3 is 5.97 Å². The molecule has 0 aliphatic rings. The van der Waals surface area contributed by atoms with Crippen molar-refractivity contribution >= 4 is 17.8 Å². The fourth-order valence-corrected chi connectivity index (χ4v) is 3.89. The van der Waals surface area contributed by atoms with E-state index in [4.69, 9.17) is 4.74 Å². The van der Waals surface area contributed by atoms with Crippen LogP contribution in [0.2, 0.25) is 0 Å². The van der Waals surface area contributed by atoms with E-state index in [1.54, 1.807) is 24.3 Å². The van der Waals surface area contributed by atoms with E-state index in [2.05, 4.69) is 15.3 Å². The normalized spacial score (nSPS) is 11.3. The van der Waals surface area contributed by atoms with E-state index in [1.807, 2.05) is 60.7 Å². The van der Waals surface area contributed by atoms with Gasteiger partial charge in [-0.05, 0) is 28.8 Å². The fraction of sp³-hybridized carbons (Fsp3) is 0.138. The van der Waals surface area contributed by atoms with Crippen LogP contribution >= 0.6 is 0 Å². The molecule has 186 valence electrons. The van der Waals surface area contributed by atoms with Gasteiger partial charge in [0, 0.05) is 25.5 Å². The molecule has 0 aliphatic heterocycles. The molecule has 1 N–H and O–H groups in total. The molecule has 0 aliphatic carbocycles. The molecule has 0 saturated heterocycles. The number of carbonyl (C=O) groups excluding carboxylic acids is 3. The third kappa shape index (κ3) is 6.43. The zero-order valence-corrected chi connectivity index (χ0v) is 20.3. The Morgan fingerprint density at radius 3 is 2.11 bits per heavy atom. The average Bonchev–Trinajstić information content (AvgIpc) is 2.97. The van der Waals surface area contributed by atoms with E-state index in [0.29, 0.717) is 11.1 Å². The number of nitrogens with zero attached hydrogens (tertiary/aromatic N) is 3. The summed E-state index contributed by atoms with van der Waals surface area (Å²) in [6, 6.07) is 24.4. The number of esters is 1. The number of hydrogen-bond acceptors (Lipinski definition) is 6. The highest BCUT2D eigenvalue weighted by Crippen LogP contribution is 2.26. The minimum absolute atomic E-state index is 0.116. The van der Waals surface area contributed by atoms with Crippen molar-refractivity contribution < 1.29 is 19.1 Å². The number of ether oxygens (including phenoxy) is 1. The minimum atomic E-state index is -1.01. The molecule has 0 unspecified atom stereocenters. The highest BCUT2D eigenvalue weighted by molar-refractivity contribution is 5.96. The fourth-order valence-electron chi connectivity index (χ4n) is 3.89. The van der Waals surface area contributed by atoms with Gasteiger partial charge in [-0.3, -0.25) is 14.6 Å². The summed E-state index contributed by atoms with van der Waals surface area (Å²) in [4.78, 5) is 49.1. The molecular formula is C29H26N4O4. The van der Waals surface area contributed by atoms with Crippen LogP contribution in [-0.2, 0) is 22.6 Å². The highest BCUT2D eigenvalue weighted by Gasteiger charge is 2.33. The van der Waals surface area contributed by atoms with Crippen LogP contribution in [0.1, 0.15) is 43.6 Å². The lowest BCUT2D eigenvalue weighted by molar-refractivity contribution is -0.126. The second-order valence-electron chi connectivity index (χ2n) is 8.23. The van der Waals surface area contributed by atoms with Crippen LogP contribution in [0, 0.1) is 0 Å². The predicted octanol–water partition coefficient (Wildman–Crippen LogP) is 3.96. The van der Waals surface area contributed by atoms with Crippen LogP contribution in [0.25, 0.3) is 0 Å². The van der Waals surface area contributed by atoms with Crippen molar-refractivity contribution in [2.45, 2.75) is 19.1 Å². The summed E-state index contributed by atoms with van der Waals surface area (Å²) in [5, 5.41) is 2.96. The Labute approximate surface area is 215 Å². The maximum atomic E-state index is 13.7. The maximum Gasteiger partial charge on any atom is 0.337 e. The average molecular weight is 495 g/mol. The summed E-state index contributed by atoms with van der Waals surface area (Å²) < 4.78 is 4.80. The van der Waals surface area contributed by atoms with Crippen molar-refractivity contribution in [1.82, 2.24) is 20.2 Å². The quantitative estimate of drug-likeness (QED) is 0.354. The van der Waals surface area contributed by atoms with Gasteiger partial charge in [-0.1, -0.05) is 72.8 Å². The second kappa shape index (κ2) is 12.2. The van der Waals surface area contributed by atoms with Crippen molar-refractivity contribution in [3.63, 3.8) is 0 Å². The molecule has 2 amide bonds. The number of rotatable bonds is 9. The molecule has 8 nitrogen and oxygen atoms in total. The van der Waals surface area contributed by atoms with Crippen molar-refractivity contribution in [3.05, 3.63) is 131 Å². The molecule has 37 heavy (non-hydrogen) atoms. The lowest BCUT2D eigenvalue weighted by Gasteiger charge is -2.31. The molecule has 0 bridgehead atoms. The van der Waals surface area contributed by atoms with E-state index in [0.717, 1.165) is 11.1 Å². The van der Waals surface area contributed by atoms with E-state index in [1.165, 1.54) is 30.6 Å². The third-order valence-corrected chi connectivity index (χ3v) is 5.76. The van der Waals surface area contributed by atoms with Crippen molar-refractivity contribution in [2.75, 3.05) is 7.11 Å². The Kier molecular flexibility index (Phi) is 8.33. The monoisotopic (exact) mass is 494 g/mol. The number of benzene rings is 3. The lowest BCUT2D eigenvalue weighted by Crippen LogP contribution is -2.43. The standard InChI is InChI=1S/C29H26N4O4/c1-37-29(36)24-14-12-23(13-15-24)26(27(34)32-18-21-8-4-2-5-9-21)33(20-22-10-6-3-7-11-22)28(35)25-19-30-16-17-31-25/h2-17,19,26H,18,20H2,1H3,(H,32,34)/t26-/m0/s1. The molecule has 0 radical (unpaired) electrons. The Balaban J connectivity index is 1.74. The zero-order chi connectivity index (χ0) is 26.0. The molecule has 0 spiro atoms. The first-order valence-electron chi connectivity index (χ1n) is 11.7. The summed E-state index contributed by atoms with van der Waals surface area (Å²) in [5.74, 6) is -1.31. The highest BCUT2D eigenvalue weighted by atomic mass is 16.5. The van der Waals surface area contributed by atoms with E-state index in [-0.39, 0.29) is 24.7 Å². The molecule has 4 aromatic rings. The largest absolute Gasteiger partial charge is 0.465 e. The van der Waals surface area contributed by atoms with Crippen LogP contribution in [0.3, 0.4) is 0 Å². The van der Waals surface area contributed by atoms with Gasteiger partial charge in [0.15, 0.2) is 0 Å². The van der Waals surface area contributed by atoms with Gasteiger partial charge in [0.25, 0.3) is 5.91 Å². The van der Waals surface area contributed by atoms with Crippen LogP contribution in [0.4, 0.5) is 0 Å². The maximum absolute atomic E-state index is 13.7. The smallest absolute Gasteiger partial charge is 0.337 e. The number of carbonyl (C=O) groups is 3. The first kappa shape index (κ1) is 25.2. The zero-order valence-electron chi connectivity index (χ0n) is 20.3. The number of amides is 2. The van der Waals surface area contributed by atoms with E-state index >= 15 is 0 Å². The Hall–Kier alpha value is -4.85. The van der Waals surface area contributed by atoms with Crippen LogP contribution in [-0.4, -0.2) is 39.8 Å². The van der Waals surface area contributed by atoms with E-state index < -0.39 is 17.9 Å². The molecular weight excluding hydrogens is 468 g/mol. The lowest BCUT2D eigenvalue weighted by atomic mass is 10.0. The van der Waals surface area contributed by atoms with Crippen molar-refractivity contribution in [1.29, 1.82) is 0 Å². The van der Waals surface area contributed by atoms with Crippen LogP contribution in [0.5, 0.6) is 0 Å². The summed E-state index contributed by atoms with van der Waals surface area (Å²) >= 11 is 0. The number of hydrogen-bond donors (Lipinski definition) is 1. The first-order valence-corrected chi connectivity index (χ1v) is 11.7. The van der Waals surface area contributed by atoms with Gasteiger partial charge in [-0.2, -0.15) is 0 Å².